The summed E-state index contributed by atoms with van der Waals surface area (Å²) >= 11 is 0. The highest BCUT2D eigenvalue weighted by molar-refractivity contribution is 5.69. The summed E-state index contributed by atoms with van der Waals surface area (Å²) < 4.78 is 7.46. The predicted molar refractivity (Wildman–Crippen MR) is 98.2 cm³/mol. The molecular formula is C18H21N7O. The van der Waals surface area contributed by atoms with Crippen LogP contribution in [0.15, 0.2) is 46.5 Å². The third-order valence-electron chi connectivity index (χ3n) is 4.51. The average Bonchev–Trinajstić information content (AvgIpc) is 3.23. The Bertz CT molecular complexity index is 995. The highest BCUT2D eigenvalue weighted by atomic mass is 16.5. The fourth-order valence-electron chi connectivity index (χ4n) is 3.08. The fourth-order valence-corrected chi connectivity index (χ4v) is 3.08. The van der Waals surface area contributed by atoms with Crippen molar-refractivity contribution in [2.24, 2.45) is 11.6 Å². The summed E-state index contributed by atoms with van der Waals surface area (Å²) in [7, 11) is 0. The first-order valence-corrected chi connectivity index (χ1v) is 8.47. The van der Waals surface area contributed by atoms with E-state index < -0.39 is 0 Å². The van der Waals surface area contributed by atoms with Crippen LogP contribution in [0.4, 0.5) is 5.69 Å². The summed E-state index contributed by atoms with van der Waals surface area (Å²) in [5.74, 6) is 7.61. The number of anilines is 1. The Kier molecular flexibility index (Phi) is 3.77. The van der Waals surface area contributed by atoms with Crippen molar-refractivity contribution in [2.75, 3.05) is 5.01 Å². The molecule has 8 nitrogen and oxygen atoms in total. The first-order chi connectivity index (χ1) is 12.5. The first kappa shape index (κ1) is 16.3. The molecule has 4 N–H and O–H groups in total. The van der Waals surface area contributed by atoms with Gasteiger partial charge < -0.3 is 10.3 Å². The lowest BCUT2D eigenvalue weighted by Crippen LogP contribution is -2.32. The van der Waals surface area contributed by atoms with Crippen LogP contribution in [0.25, 0.3) is 17.3 Å². The molecule has 1 aliphatic rings. The van der Waals surface area contributed by atoms with Gasteiger partial charge in [0.05, 0.1) is 22.8 Å². The third-order valence-corrected chi connectivity index (χ3v) is 4.51. The fraction of sp³-hybridized carbons (Fsp3) is 0.278. The Balaban J connectivity index is 1.93. The lowest BCUT2D eigenvalue weighted by atomic mass is 10.1. The van der Waals surface area contributed by atoms with Crippen molar-refractivity contribution in [3.63, 3.8) is 0 Å². The highest BCUT2D eigenvalue weighted by Gasteiger charge is 2.28. The zero-order chi connectivity index (χ0) is 18.4. The monoisotopic (exact) mass is 351 g/mol. The molecule has 0 spiro atoms. The number of nitrogens with two attached hydrogens (primary N) is 2. The van der Waals surface area contributed by atoms with Gasteiger partial charge in [0, 0.05) is 18.0 Å². The molecule has 0 saturated carbocycles. The zero-order valence-electron chi connectivity index (χ0n) is 15.0. The van der Waals surface area contributed by atoms with Crippen LogP contribution in [0.1, 0.15) is 38.2 Å². The van der Waals surface area contributed by atoms with Crippen molar-refractivity contribution in [1.29, 1.82) is 0 Å². The number of imidazole rings is 1. The molecule has 0 aliphatic carbocycles. The van der Waals surface area contributed by atoms with Gasteiger partial charge in [0.25, 0.3) is 5.89 Å². The van der Waals surface area contributed by atoms with Crippen LogP contribution in [0, 0.1) is 0 Å². The number of benzene rings is 1. The van der Waals surface area contributed by atoms with Crippen molar-refractivity contribution in [3.05, 3.63) is 53.5 Å². The molecule has 3 heterocycles. The Morgan fingerprint density at radius 2 is 1.96 bits per heavy atom. The first-order valence-electron chi connectivity index (χ1n) is 8.47. The molecule has 0 bridgehead atoms. The summed E-state index contributed by atoms with van der Waals surface area (Å²) in [5.41, 5.74) is 10.9. The van der Waals surface area contributed by atoms with E-state index in [9.17, 15) is 0 Å². The predicted octanol–water partition coefficient (Wildman–Crippen LogP) is 2.47. The molecule has 0 amide bonds. The van der Waals surface area contributed by atoms with E-state index in [1.807, 2.05) is 49.6 Å². The minimum absolute atomic E-state index is 0.177. The average molecular weight is 351 g/mol. The molecule has 0 saturated heterocycles. The molecule has 1 aliphatic heterocycles. The topological polar surface area (TPSA) is 112 Å². The van der Waals surface area contributed by atoms with E-state index in [1.165, 1.54) is 0 Å². The summed E-state index contributed by atoms with van der Waals surface area (Å²) in [6, 6.07) is 7.85. The maximum atomic E-state index is 6.37. The van der Waals surface area contributed by atoms with Gasteiger partial charge >= 0.3 is 0 Å². The number of rotatable bonds is 2. The van der Waals surface area contributed by atoms with Gasteiger partial charge in [-0.1, -0.05) is 31.1 Å². The van der Waals surface area contributed by atoms with E-state index in [4.69, 9.17) is 16.1 Å². The Morgan fingerprint density at radius 3 is 2.62 bits per heavy atom. The largest absolute Gasteiger partial charge is 0.401 e. The van der Waals surface area contributed by atoms with Crippen LogP contribution in [0.3, 0.4) is 0 Å². The molecule has 26 heavy (non-hydrogen) atoms. The normalized spacial score (nSPS) is 15.7. The maximum Gasteiger partial charge on any atom is 0.278 e. The second kappa shape index (κ2) is 5.99. The van der Waals surface area contributed by atoms with Crippen LogP contribution >= 0.6 is 0 Å². The van der Waals surface area contributed by atoms with Gasteiger partial charge in [0.1, 0.15) is 6.33 Å². The van der Waals surface area contributed by atoms with E-state index in [2.05, 4.69) is 15.1 Å². The summed E-state index contributed by atoms with van der Waals surface area (Å²) in [5, 5.41) is 5.68. The summed E-state index contributed by atoms with van der Waals surface area (Å²) in [4.78, 5) is 9.03. The number of hydrogen-bond donors (Lipinski definition) is 2. The molecule has 0 atom stereocenters. The molecular weight excluding hydrogens is 330 g/mol. The van der Waals surface area contributed by atoms with Gasteiger partial charge in [-0.2, -0.15) is 4.98 Å². The number of fused-ring (bicyclic) bond motifs is 3. The van der Waals surface area contributed by atoms with E-state index in [1.54, 1.807) is 11.3 Å². The van der Waals surface area contributed by atoms with Crippen LogP contribution in [0.5, 0.6) is 0 Å². The number of para-hydroxylation sites is 2. The molecule has 2 aromatic heterocycles. The van der Waals surface area contributed by atoms with E-state index in [-0.39, 0.29) is 5.92 Å². The summed E-state index contributed by atoms with van der Waals surface area (Å²) in [6.45, 7) is 5.88. The zero-order valence-corrected chi connectivity index (χ0v) is 15.0. The molecule has 8 heteroatoms. The number of hydrazine groups is 1. The van der Waals surface area contributed by atoms with E-state index in [0.717, 1.165) is 22.8 Å². The van der Waals surface area contributed by atoms with Crippen molar-refractivity contribution in [2.45, 2.75) is 33.1 Å². The van der Waals surface area contributed by atoms with Gasteiger partial charge in [0.2, 0.25) is 0 Å². The van der Waals surface area contributed by atoms with Crippen molar-refractivity contribution < 1.29 is 4.52 Å². The number of aromatic nitrogens is 4. The number of allylic oxidation sites excluding steroid dienone is 2. The maximum absolute atomic E-state index is 6.37. The molecule has 4 rings (SSSR count). The smallest absolute Gasteiger partial charge is 0.278 e. The molecule has 0 unspecified atom stereocenters. The van der Waals surface area contributed by atoms with Crippen molar-refractivity contribution >= 4 is 5.69 Å². The minimum atomic E-state index is 0.177. The summed E-state index contributed by atoms with van der Waals surface area (Å²) in [6.07, 6.45) is 2.26. The van der Waals surface area contributed by atoms with Crippen LogP contribution in [0.2, 0.25) is 0 Å². The van der Waals surface area contributed by atoms with Gasteiger partial charge in [0.15, 0.2) is 11.5 Å². The lowest BCUT2D eigenvalue weighted by molar-refractivity contribution is 0.418. The lowest BCUT2D eigenvalue weighted by Gasteiger charge is -2.22. The quantitative estimate of drug-likeness (QED) is 0.682. The Labute approximate surface area is 151 Å². The third kappa shape index (κ3) is 2.46. The second-order valence-corrected chi connectivity index (χ2v) is 6.69. The van der Waals surface area contributed by atoms with Gasteiger partial charge in [-0.05, 0) is 19.1 Å². The van der Waals surface area contributed by atoms with E-state index in [0.29, 0.717) is 29.5 Å². The molecule has 1 aromatic carbocycles. The minimum Gasteiger partial charge on any atom is -0.401 e. The van der Waals surface area contributed by atoms with E-state index >= 15 is 0 Å². The Morgan fingerprint density at radius 1 is 1.23 bits per heavy atom. The van der Waals surface area contributed by atoms with Crippen LogP contribution in [-0.2, 0) is 6.42 Å². The molecule has 0 radical (unpaired) electrons. The SMILES string of the molecule is C/C(N)=C1\Cc2c(-c3nc(C(C)C)no3)ncn2-c2ccccc2N1N. The number of nitrogens with zero attached hydrogens (tertiary/aromatic N) is 5. The molecule has 134 valence electrons. The molecule has 3 aromatic rings. The molecule has 0 fully saturated rings. The standard InChI is InChI=1S/C18H21N7O/c1-10(2)17-22-18(26-23-17)16-15-8-14(11(3)19)25(20)13-7-5-4-6-12(13)24(15)9-21-16/h4-7,9-10H,8,19-20H2,1-3H3/b14-11-. The van der Waals surface area contributed by atoms with Gasteiger partial charge in [-0.3, -0.25) is 9.58 Å². The van der Waals surface area contributed by atoms with Crippen LogP contribution < -0.4 is 16.6 Å². The van der Waals surface area contributed by atoms with Gasteiger partial charge in [-0.15, -0.1) is 0 Å². The van der Waals surface area contributed by atoms with Crippen molar-refractivity contribution in [3.8, 4) is 17.3 Å². The second-order valence-electron chi connectivity index (χ2n) is 6.69. The highest BCUT2D eigenvalue weighted by Crippen LogP contribution is 2.35. The van der Waals surface area contributed by atoms with Crippen LogP contribution in [-0.4, -0.2) is 19.7 Å². The number of hydrogen-bond acceptors (Lipinski definition) is 7. The Hall–Kier alpha value is -3.13. The van der Waals surface area contributed by atoms with Gasteiger partial charge in [-0.25, -0.2) is 10.8 Å². The van der Waals surface area contributed by atoms with Crippen molar-refractivity contribution in [1.82, 2.24) is 19.7 Å².